The Morgan fingerprint density at radius 1 is 0.821 bits per heavy atom. The summed E-state index contributed by atoms with van der Waals surface area (Å²) in [5.74, 6) is -0.270. The van der Waals surface area contributed by atoms with Gasteiger partial charge >= 0.3 is 18.9 Å². The van der Waals surface area contributed by atoms with Crippen LogP contribution in [0.4, 0.5) is 0 Å². The molecule has 1 heterocycles. The molecule has 3 aromatic carbocycles. The van der Waals surface area contributed by atoms with Crippen molar-refractivity contribution in [1.29, 1.82) is 0 Å². The van der Waals surface area contributed by atoms with Crippen molar-refractivity contribution in [2.75, 3.05) is 6.61 Å². The summed E-state index contributed by atoms with van der Waals surface area (Å²) < 4.78 is 12.0. The van der Waals surface area contributed by atoms with Gasteiger partial charge in [-0.05, 0) is 16.7 Å². The number of benzene rings is 3. The SMILES string of the molecule is O=C1[CH-]C[C@@H](COC(c2ccccc2)(c2ccccc2)c2ccccc2)O1.[Li+]. The summed E-state index contributed by atoms with van der Waals surface area (Å²) in [4.78, 5) is 11.5. The number of esters is 1. The average Bonchev–Trinajstić information content (AvgIpc) is 3.16. The molecule has 1 aliphatic heterocycles. The van der Waals surface area contributed by atoms with Gasteiger partial charge in [0.05, 0.1) is 12.7 Å². The normalized spacial score (nSPS) is 16.0. The van der Waals surface area contributed by atoms with Crippen molar-refractivity contribution < 1.29 is 33.1 Å². The van der Waals surface area contributed by atoms with Crippen molar-refractivity contribution in [3.8, 4) is 0 Å². The third-order valence-electron chi connectivity index (χ3n) is 4.86. The van der Waals surface area contributed by atoms with E-state index in [2.05, 4.69) is 36.4 Å². The molecule has 1 aliphatic rings. The Morgan fingerprint density at radius 3 is 1.61 bits per heavy atom. The Labute approximate surface area is 177 Å². The molecule has 0 saturated carbocycles. The standard InChI is InChI=1S/C24H21O3.Li/c25-23-17-16-22(27-23)18-26-24(19-10-4-1-5-11-19,20-12-6-2-7-13-20)21-14-8-3-9-15-21;/h1-15,17,22H,16,18H2;/q-1;+1/t22-;/m0./s1. The Morgan fingerprint density at radius 2 is 1.25 bits per heavy atom. The number of carbonyl (C=O) groups excluding carboxylic acids is 1. The van der Waals surface area contributed by atoms with Crippen molar-refractivity contribution in [1.82, 2.24) is 0 Å². The summed E-state index contributed by atoms with van der Waals surface area (Å²) in [6.45, 7) is 0.320. The summed E-state index contributed by atoms with van der Waals surface area (Å²) >= 11 is 0. The second-order valence-corrected chi connectivity index (χ2v) is 6.59. The van der Waals surface area contributed by atoms with Gasteiger partial charge in [0.1, 0.15) is 5.60 Å². The molecule has 0 aliphatic carbocycles. The molecule has 28 heavy (non-hydrogen) atoms. The van der Waals surface area contributed by atoms with Gasteiger partial charge in [0.2, 0.25) is 0 Å². The van der Waals surface area contributed by atoms with Crippen LogP contribution in [0, 0.1) is 6.42 Å². The zero-order valence-electron chi connectivity index (χ0n) is 16.0. The first-order valence-corrected chi connectivity index (χ1v) is 9.13. The predicted octanol–water partition coefficient (Wildman–Crippen LogP) is 1.52. The molecule has 0 bridgehead atoms. The van der Waals surface area contributed by atoms with Gasteiger partial charge in [-0.25, -0.2) is 0 Å². The largest absolute Gasteiger partial charge is 1.00 e. The van der Waals surface area contributed by atoms with Crippen LogP contribution in [0.1, 0.15) is 23.1 Å². The Hall–Kier alpha value is -2.44. The number of hydrogen-bond donors (Lipinski definition) is 0. The zero-order chi connectivity index (χ0) is 18.5. The van der Waals surface area contributed by atoms with Crippen LogP contribution in [0.25, 0.3) is 0 Å². The molecule has 0 unspecified atom stereocenters. The third kappa shape index (κ3) is 4.03. The predicted molar refractivity (Wildman–Crippen MR) is 104 cm³/mol. The third-order valence-corrected chi connectivity index (χ3v) is 4.86. The molecule has 0 radical (unpaired) electrons. The smallest absolute Gasteiger partial charge is 0.485 e. The number of ether oxygens (including phenoxy) is 2. The maximum absolute atomic E-state index is 11.5. The Kier molecular flexibility index (Phi) is 6.64. The summed E-state index contributed by atoms with van der Waals surface area (Å²) in [6.07, 6.45) is 1.89. The van der Waals surface area contributed by atoms with Gasteiger partial charge in [0, 0.05) is 0 Å². The quantitative estimate of drug-likeness (QED) is 0.288. The number of cyclic esters (lactones) is 1. The fraction of sp³-hybridized carbons (Fsp3) is 0.167. The first kappa shape index (κ1) is 20.3. The zero-order valence-corrected chi connectivity index (χ0v) is 16.0. The van der Waals surface area contributed by atoms with Crippen LogP contribution >= 0.6 is 0 Å². The van der Waals surface area contributed by atoms with Crippen molar-refractivity contribution >= 4 is 5.97 Å². The molecule has 0 amide bonds. The second kappa shape index (κ2) is 9.17. The van der Waals surface area contributed by atoms with Gasteiger partial charge in [0.15, 0.2) is 5.97 Å². The molecular weight excluding hydrogens is 343 g/mol. The van der Waals surface area contributed by atoms with E-state index in [1.807, 2.05) is 54.6 Å². The minimum Gasteiger partial charge on any atom is -0.485 e. The van der Waals surface area contributed by atoms with Crippen LogP contribution in [-0.2, 0) is 19.9 Å². The molecule has 3 aromatic rings. The van der Waals surface area contributed by atoms with Gasteiger partial charge in [-0.2, -0.15) is 0 Å². The molecule has 3 nitrogen and oxygen atoms in total. The van der Waals surface area contributed by atoms with Crippen LogP contribution in [0.5, 0.6) is 0 Å². The summed E-state index contributed by atoms with van der Waals surface area (Å²) in [5.41, 5.74) is 2.33. The van der Waals surface area contributed by atoms with E-state index in [1.54, 1.807) is 6.42 Å². The molecule has 1 saturated heterocycles. The minimum absolute atomic E-state index is 0. The number of rotatable bonds is 6. The first-order chi connectivity index (χ1) is 13.3. The molecule has 1 atom stereocenters. The number of hydrogen-bond acceptors (Lipinski definition) is 3. The maximum atomic E-state index is 11.5. The van der Waals surface area contributed by atoms with E-state index in [9.17, 15) is 4.79 Å². The van der Waals surface area contributed by atoms with Gasteiger partial charge in [-0.1, -0.05) is 91.0 Å². The van der Waals surface area contributed by atoms with Crippen LogP contribution in [0.15, 0.2) is 91.0 Å². The van der Waals surface area contributed by atoms with Crippen LogP contribution in [0.3, 0.4) is 0 Å². The van der Waals surface area contributed by atoms with E-state index in [-0.39, 0.29) is 30.9 Å². The van der Waals surface area contributed by atoms with Crippen molar-refractivity contribution in [3.05, 3.63) is 114 Å². The Balaban J connectivity index is 0.00000225. The average molecular weight is 364 g/mol. The maximum Gasteiger partial charge on any atom is 1.00 e. The van der Waals surface area contributed by atoms with E-state index < -0.39 is 5.60 Å². The fourth-order valence-corrected chi connectivity index (χ4v) is 3.58. The van der Waals surface area contributed by atoms with E-state index in [4.69, 9.17) is 9.47 Å². The topological polar surface area (TPSA) is 35.5 Å². The molecule has 0 N–H and O–H groups in total. The summed E-state index contributed by atoms with van der Waals surface area (Å²) in [7, 11) is 0. The van der Waals surface area contributed by atoms with Crippen molar-refractivity contribution in [2.45, 2.75) is 18.1 Å². The van der Waals surface area contributed by atoms with E-state index >= 15 is 0 Å². The Bertz CT molecular complexity index is 785. The summed E-state index contributed by atoms with van der Waals surface area (Å²) in [5, 5.41) is 0. The van der Waals surface area contributed by atoms with Crippen LogP contribution in [-0.4, -0.2) is 18.7 Å². The van der Waals surface area contributed by atoms with E-state index in [0.717, 1.165) is 16.7 Å². The minimum atomic E-state index is -0.779. The van der Waals surface area contributed by atoms with Crippen LogP contribution in [0.2, 0.25) is 0 Å². The molecule has 4 heteroatoms. The van der Waals surface area contributed by atoms with Crippen molar-refractivity contribution in [2.24, 2.45) is 0 Å². The molecule has 0 spiro atoms. The number of carbonyl (C=O) groups is 1. The second-order valence-electron chi connectivity index (χ2n) is 6.59. The van der Waals surface area contributed by atoms with Gasteiger partial charge < -0.3 is 9.47 Å². The fourth-order valence-electron chi connectivity index (χ4n) is 3.58. The van der Waals surface area contributed by atoms with E-state index in [1.165, 1.54) is 0 Å². The molecule has 0 aromatic heterocycles. The molecule has 136 valence electrons. The van der Waals surface area contributed by atoms with Gasteiger partial charge in [0.25, 0.3) is 0 Å². The monoisotopic (exact) mass is 364 g/mol. The summed E-state index contributed by atoms with van der Waals surface area (Å²) in [6, 6.07) is 30.6. The van der Waals surface area contributed by atoms with Gasteiger partial charge in [-0.3, -0.25) is 11.2 Å². The van der Waals surface area contributed by atoms with E-state index in [0.29, 0.717) is 13.0 Å². The van der Waals surface area contributed by atoms with Crippen molar-refractivity contribution in [3.63, 3.8) is 0 Å². The van der Waals surface area contributed by atoms with Gasteiger partial charge in [-0.15, -0.1) is 6.42 Å². The molecule has 1 fully saturated rings. The molecule has 4 rings (SSSR count). The first-order valence-electron chi connectivity index (χ1n) is 9.13. The van der Waals surface area contributed by atoms with Crippen LogP contribution < -0.4 is 18.9 Å². The molecular formula is C24H21LiO3.